The van der Waals surface area contributed by atoms with Crippen molar-refractivity contribution >= 4 is 47.7 Å². The van der Waals surface area contributed by atoms with Crippen molar-refractivity contribution in [1.29, 1.82) is 0 Å². The molecule has 0 aliphatic rings. The predicted molar refractivity (Wildman–Crippen MR) is 118 cm³/mol. The van der Waals surface area contributed by atoms with E-state index in [4.69, 9.17) is 32.7 Å². The Morgan fingerprint density at radius 3 is 2.60 bits per heavy atom. The Kier molecular flexibility index (Phi) is 10.5. The SMILES string of the molecule is CC(C)(C)OC(=O)NCCCC(=O)OC(Cn1ccnc1)c1ccc(Cl)cc1Cl.Cl. The molecule has 1 heterocycles. The van der Waals surface area contributed by atoms with Gasteiger partial charge >= 0.3 is 12.1 Å². The van der Waals surface area contributed by atoms with Gasteiger partial charge in [0.05, 0.1) is 12.9 Å². The number of amides is 1. The van der Waals surface area contributed by atoms with Gasteiger partial charge in [0.1, 0.15) is 11.7 Å². The Bertz CT molecular complexity index is 823. The number of hydrogen-bond donors (Lipinski definition) is 1. The highest BCUT2D eigenvalue weighted by atomic mass is 35.5. The molecular formula is C20H26Cl3N3O4. The zero-order valence-corrected chi connectivity index (χ0v) is 19.4. The van der Waals surface area contributed by atoms with Crippen LogP contribution in [0.3, 0.4) is 0 Å². The van der Waals surface area contributed by atoms with Crippen LogP contribution in [-0.4, -0.2) is 33.8 Å². The van der Waals surface area contributed by atoms with Gasteiger partial charge in [0.15, 0.2) is 0 Å². The van der Waals surface area contributed by atoms with Crippen LogP contribution in [0.25, 0.3) is 0 Å². The van der Waals surface area contributed by atoms with E-state index in [1.807, 2.05) is 0 Å². The van der Waals surface area contributed by atoms with Gasteiger partial charge in [-0.3, -0.25) is 4.79 Å². The molecule has 1 unspecified atom stereocenters. The highest BCUT2D eigenvalue weighted by Crippen LogP contribution is 2.30. The number of carbonyl (C=O) groups is 2. The fourth-order valence-corrected chi connectivity index (χ4v) is 3.03. The fraction of sp³-hybridized carbons (Fsp3) is 0.450. The average Bonchev–Trinajstić information content (AvgIpc) is 3.10. The van der Waals surface area contributed by atoms with Gasteiger partial charge in [-0.1, -0.05) is 29.3 Å². The van der Waals surface area contributed by atoms with Crippen molar-refractivity contribution in [2.24, 2.45) is 0 Å². The molecule has 0 radical (unpaired) electrons. The van der Waals surface area contributed by atoms with E-state index in [9.17, 15) is 9.59 Å². The molecule has 1 aromatic heterocycles. The summed E-state index contributed by atoms with van der Waals surface area (Å²) < 4.78 is 12.6. The first-order chi connectivity index (χ1) is 13.6. The zero-order valence-electron chi connectivity index (χ0n) is 17.1. The average molecular weight is 479 g/mol. The number of ether oxygens (including phenoxy) is 2. The van der Waals surface area contributed by atoms with E-state index in [1.54, 1.807) is 62.3 Å². The second kappa shape index (κ2) is 12.0. The first-order valence-electron chi connectivity index (χ1n) is 9.21. The van der Waals surface area contributed by atoms with Crippen LogP contribution in [0.1, 0.15) is 45.3 Å². The number of carbonyl (C=O) groups excluding carboxylic acids is 2. The van der Waals surface area contributed by atoms with Crippen molar-refractivity contribution in [3.63, 3.8) is 0 Å². The molecule has 10 heteroatoms. The number of alkyl carbamates (subject to hydrolysis) is 1. The molecular weight excluding hydrogens is 453 g/mol. The van der Waals surface area contributed by atoms with Crippen LogP contribution in [0.2, 0.25) is 10.0 Å². The molecule has 1 aromatic carbocycles. The maximum Gasteiger partial charge on any atom is 0.407 e. The van der Waals surface area contributed by atoms with Gasteiger partial charge in [-0.05, 0) is 39.3 Å². The summed E-state index contributed by atoms with van der Waals surface area (Å²) in [4.78, 5) is 28.0. The second-order valence-corrected chi connectivity index (χ2v) is 8.28. The van der Waals surface area contributed by atoms with Crippen LogP contribution in [0, 0.1) is 0 Å². The fourth-order valence-electron chi connectivity index (χ4n) is 2.50. The Morgan fingerprint density at radius 1 is 1.27 bits per heavy atom. The van der Waals surface area contributed by atoms with Crippen LogP contribution < -0.4 is 5.32 Å². The monoisotopic (exact) mass is 477 g/mol. The first kappa shape index (κ1) is 26.1. The number of rotatable bonds is 8. The van der Waals surface area contributed by atoms with Gasteiger partial charge < -0.3 is 19.4 Å². The van der Waals surface area contributed by atoms with Crippen molar-refractivity contribution < 1.29 is 19.1 Å². The lowest BCUT2D eigenvalue weighted by molar-refractivity contribution is -0.150. The topological polar surface area (TPSA) is 82.5 Å². The Labute approximate surface area is 192 Å². The number of esters is 1. The van der Waals surface area contributed by atoms with Crippen LogP contribution in [0.4, 0.5) is 4.79 Å². The van der Waals surface area contributed by atoms with E-state index in [0.717, 1.165) is 0 Å². The lowest BCUT2D eigenvalue weighted by Gasteiger charge is -2.21. The number of aromatic nitrogens is 2. The quantitative estimate of drug-likeness (QED) is 0.416. The van der Waals surface area contributed by atoms with Gasteiger partial charge in [-0.25, -0.2) is 9.78 Å². The van der Waals surface area contributed by atoms with Crippen molar-refractivity contribution in [1.82, 2.24) is 14.9 Å². The third-order valence-corrected chi connectivity index (χ3v) is 4.31. The van der Waals surface area contributed by atoms with Crippen LogP contribution in [0.15, 0.2) is 36.9 Å². The highest BCUT2D eigenvalue weighted by molar-refractivity contribution is 6.35. The summed E-state index contributed by atoms with van der Waals surface area (Å²) in [7, 11) is 0. The minimum atomic E-state index is -0.597. The maximum absolute atomic E-state index is 12.3. The van der Waals surface area contributed by atoms with E-state index in [-0.39, 0.29) is 18.8 Å². The van der Waals surface area contributed by atoms with Crippen LogP contribution >= 0.6 is 35.6 Å². The van der Waals surface area contributed by atoms with Gasteiger partial charge in [0, 0.05) is 41.0 Å². The lowest BCUT2D eigenvalue weighted by atomic mass is 10.1. The summed E-state index contributed by atoms with van der Waals surface area (Å²) in [6.45, 7) is 6.02. The molecule has 0 aliphatic heterocycles. The molecule has 1 N–H and O–H groups in total. The summed E-state index contributed by atoms with van der Waals surface area (Å²) in [6, 6.07) is 5.05. The number of hydrogen-bond acceptors (Lipinski definition) is 5. The molecule has 1 amide bonds. The highest BCUT2D eigenvalue weighted by Gasteiger charge is 2.21. The predicted octanol–water partition coefficient (Wildman–Crippen LogP) is 5.20. The molecule has 166 valence electrons. The third-order valence-electron chi connectivity index (χ3n) is 3.74. The maximum atomic E-state index is 12.3. The minimum absolute atomic E-state index is 0. The molecule has 0 aliphatic carbocycles. The van der Waals surface area contributed by atoms with Crippen LogP contribution in [-0.2, 0) is 20.8 Å². The third kappa shape index (κ3) is 9.24. The molecule has 0 bridgehead atoms. The second-order valence-electron chi connectivity index (χ2n) is 7.44. The molecule has 0 saturated carbocycles. The summed E-state index contributed by atoms with van der Waals surface area (Å²) in [6.07, 6.45) is 4.50. The molecule has 7 nitrogen and oxygen atoms in total. The number of nitrogens with one attached hydrogen (secondary N) is 1. The lowest BCUT2D eigenvalue weighted by Crippen LogP contribution is -2.33. The Morgan fingerprint density at radius 2 is 2.00 bits per heavy atom. The van der Waals surface area contributed by atoms with Crippen molar-refractivity contribution in [2.75, 3.05) is 6.54 Å². The Hall–Kier alpha value is -1.96. The van der Waals surface area contributed by atoms with E-state index in [0.29, 0.717) is 35.1 Å². The van der Waals surface area contributed by atoms with Gasteiger partial charge in [0.2, 0.25) is 0 Å². The van der Waals surface area contributed by atoms with Crippen LogP contribution in [0.5, 0.6) is 0 Å². The molecule has 30 heavy (non-hydrogen) atoms. The number of imidazole rings is 1. The summed E-state index contributed by atoms with van der Waals surface area (Å²) in [5, 5.41) is 3.53. The smallest absolute Gasteiger partial charge is 0.407 e. The van der Waals surface area contributed by atoms with Gasteiger partial charge in [0.25, 0.3) is 0 Å². The largest absolute Gasteiger partial charge is 0.455 e. The van der Waals surface area contributed by atoms with E-state index in [2.05, 4.69) is 10.3 Å². The number of benzene rings is 1. The van der Waals surface area contributed by atoms with Gasteiger partial charge in [-0.2, -0.15) is 0 Å². The normalized spacial score (nSPS) is 11.9. The molecule has 1 atom stereocenters. The summed E-state index contributed by atoms with van der Waals surface area (Å²) in [5.74, 6) is -0.396. The Balaban J connectivity index is 0.00000450. The van der Waals surface area contributed by atoms with Crippen molar-refractivity contribution in [3.05, 3.63) is 52.5 Å². The summed E-state index contributed by atoms with van der Waals surface area (Å²) in [5.41, 5.74) is 0.0894. The molecule has 0 fully saturated rings. The van der Waals surface area contributed by atoms with E-state index < -0.39 is 23.8 Å². The molecule has 0 saturated heterocycles. The number of halogens is 3. The van der Waals surface area contributed by atoms with E-state index >= 15 is 0 Å². The molecule has 2 aromatic rings. The minimum Gasteiger partial charge on any atom is -0.455 e. The van der Waals surface area contributed by atoms with Crippen molar-refractivity contribution in [2.45, 2.75) is 51.9 Å². The summed E-state index contributed by atoms with van der Waals surface area (Å²) >= 11 is 12.3. The van der Waals surface area contributed by atoms with Gasteiger partial charge in [-0.15, -0.1) is 12.4 Å². The first-order valence-corrected chi connectivity index (χ1v) is 9.96. The molecule has 2 rings (SSSR count). The standard InChI is InChI=1S/C20H25Cl2N3O4.ClH/c1-20(2,3)29-19(27)24-8-4-5-18(26)28-17(12-25-10-9-23-13-25)15-7-6-14(21)11-16(15)22;/h6-7,9-11,13,17H,4-5,8,12H2,1-3H3,(H,24,27);1H. The number of nitrogens with zero attached hydrogens (tertiary/aromatic N) is 2. The zero-order chi connectivity index (χ0) is 21.4. The van der Waals surface area contributed by atoms with Crippen molar-refractivity contribution in [3.8, 4) is 0 Å². The van der Waals surface area contributed by atoms with E-state index in [1.165, 1.54) is 0 Å². The molecule has 0 spiro atoms.